The van der Waals surface area contributed by atoms with Crippen molar-refractivity contribution in [1.29, 1.82) is 0 Å². The van der Waals surface area contributed by atoms with Crippen LogP contribution in [0.5, 0.6) is 0 Å². The Bertz CT molecular complexity index is 802. The van der Waals surface area contributed by atoms with Crippen molar-refractivity contribution in [3.63, 3.8) is 0 Å². The number of amides is 1. The maximum Gasteiger partial charge on any atom is 0.227 e. The van der Waals surface area contributed by atoms with Gasteiger partial charge in [0.1, 0.15) is 11.6 Å². The summed E-state index contributed by atoms with van der Waals surface area (Å²) >= 11 is 0. The van der Waals surface area contributed by atoms with E-state index in [9.17, 15) is 18.4 Å². The second kappa shape index (κ2) is 5.91. The summed E-state index contributed by atoms with van der Waals surface area (Å²) in [5.74, 6) is -1.35. The van der Waals surface area contributed by atoms with Crippen LogP contribution >= 0.6 is 0 Å². The van der Waals surface area contributed by atoms with Gasteiger partial charge in [-0.15, -0.1) is 0 Å². The van der Waals surface area contributed by atoms with Gasteiger partial charge in [-0.05, 0) is 42.3 Å². The molecular formula is C18H15F2NO2. The number of fused-ring (bicyclic) bond motifs is 1. The molecule has 1 aliphatic rings. The molecule has 3 rings (SSSR count). The van der Waals surface area contributed by atoms with Crippen LogP contribution in [-0.4, -0.2) is 11.7 Å². The van der Waals surface area contributed by atoms with Gasteiger partial charge in [-0.25, -0.2) is 8.78 Å². The molecule has 0 aliphatic carbocycles. The quantitative estimate of drug-likeness (QED) is 0.845. The normalized spacial score (nSPS) is 14.7. The third-order valence-electron chi connectivity index (χ3n) is 3.99. The van der Waals surface area contributed by atoms with Crippen LogP contribution in [0.1, 0.15) is 34.3 Å². The summed E-state index contributed by atoms with van der Waals surface area (Å²) in [6, 6.07) is 8.49. The summed E-state index contributed by atoms with van der Waals surface area (Å²) in [4.78, 5) is 25.8. The highest BCUT2D eigenvalue weighted by atomic mass is 19.1. The van der Waals surface area contributed by atoms with Gasteiger partial charge in [0.25, 0.3) is 0 Å². The Kier molecular flexibility index (Phi) is 3.94. The van der Waals surface area contributed by atoms with Crippen molar-refractivity contribution >= 4 is 17.4 Å². The van der Waals surface area contributed by atoms with Crippen LogP contribution in [0.2, 0.25) is 0 Å². The van der Waals surface area contributed by atoms with Crippen LogP contribution in [-0.2, 0) is 11.3 Å². The molecule has 23 heavy (non-hydrogen) atoms. The van der Waals surface area contributed by atoms with Crippen molar-refractivity contribution in [3.05, 3.63) is 64.7 Å². The Balaban J connectivity index is 2.04. The first-order valence-electron chi connectivity index (χ1n) is 7.34. The topological polar surface area (TPSA) is 37.4 Å². The van der Waals surface area contributed by atoms with Crippen LogP contribution in [0.25, 0.3) is 0 Å². The first-order valence-corrected chi connectivity index (χ1v) is 7.34. The smallest absolute Gasteiger partial charge is 0.227 e. The van der Waals surface area contributed by atoms with Gasteiger partial charge in [-0.2, -0.15) is 0 Å². The molecule has 0 unspecified atom stereocenters. The van der Waals surface area contributed by atoms with E-state index in [0.717, 1.165) is 0 Å². The minimum atomic E-state index is -0.522. The monoisotopic (exact) mass is 315 g/mol. The van der Waals surface area contributed by atoms with E-state index in [-0.39, 0.29) is 42.6 Å². The van der Waals surface area contributed by atoms with Crippen LogP contribution in [0.4, 0.5) is 14.5 Å². The second-order valence-electron chi connectivity index (χ2n) is 5.65. The molecule has 0 N–H and O–H groups in total. The Morgan fingerprint density at radius 3 is 2.57 bits per heavy atom. The van der Waals surface area contributed by atoms with Crippen molar-refractivity contribution < 1.29 is 18.4 Å². The number of aryl methyl sites for hydroxylation is 1. The average molecular weight is 315 g/mol. The minimum absolute atomic E-state index is 0.0590. The molecule has 0 fully saturated rings. The zero-order chi connectivity index (χ0) is 16.6. The van der Waals surface area contributed by atoms with E-state index in [1.807, 2.05) is 0 Å². The third-order valence-corrected chi connectivity index (χ3v) is 3.99. The van der Waals surface area contributed by atoms with Gasteiger partial charge >= 0.3 is 0 Å². The number of hydrogen-bond donors (Lipinski definition) is 0. The lowest BCUT2D eigenvalue weighted by molar-refractivity contribution is -0.118. The Labute approximate surface area is 132 Å². The van der Waals surface area contributed by atoms with E-state index < -0.39 is 5.82 Å². The van der Waals surface area contributed by atoms with Crippen molar-refractivity contribution in [2.75, 3.05) is 4.90 Å². The Morgan fingerprint density at radius 1 is 1.04 bits per heavy atom. The molecular weight excluding hydrogens is 300 g/mol. The molecule has 0 saturated carbocycles. The van der Waals surface area contributed by atoms with Crippen LogP contribution in [0.15, 0.2) is 36.4 Å². The number of rotatable bonds is 2. The van der Waals surface area contributed by atoms with Gasteiger partial charge in [0.2, 0.25) is 5.91 Å². The highest BCUT2D eigenvalue weighted by molar-refractivity contribution is 6.10. The fraction of sp³-hybridized carbons (Fsp3) is 0.222. The number of halogens is 2. The molecule has 0 spiro atoms. The van der Waals surface area contributed by atoms with Crippen LogP contribution < -0.4 is 4.90 Å². The lowest BCUT2D eigenvalue weighted by Gasteiger charge is -2.23. The predicted molar refractivity (Wildman–Crippen MR) is 82.3 cm³/mol. The van der Waals surface area contributed by atoms with Gasteiger partial charge in [0, 0.05) is 18.4 Å². The maximum absolute atomic E-state index is 13.7. The van der Waals surface area contributed by atoms with Crippen molar-refractivity contribution in [2.45, 2.75) is 26.3 Å². The van der Waals surface area contributed by atoms with Gasteiger partial charge < -0.3 is 4.90 Å². The molecule has 3 nitrogen and oxygen atoms in total. The van der Waals surface area contributed by atoms with E-state index in [2.05, 4.69) is 0 Å². The second-order valence-corrected chi connectivity index (χ2v) is 5.65. The predicted octanol–water partition coefficient (Wildman–Crippen LogP) is 3.78. The summed E-state index contributed by atoms with van der Waals surface area (Å²) in [6.07, 6.45) is 0.152. The van der Waals surface area contributed by atoms with Gasteiger partial charge in [-0.3, -0.25) is 9.59 Å². The fourth-order valence-electron chi connectivity index (χ4n) is 2.68. The summed E-state index contributed by atoms with van der Waals surface area (Å²) in [5, 5.41) is 0. The molecule has 1 amide bonds. The molecule has 118 valence electrons. The molecule has 0 bridgehead atoms. The number of carbonyl (C=O) groups excluding carboxylic acids is 2. The average Bonchev–Trinajstić information content (AvgIpc) is 2.63. The third kappa shape index (κ3) is 2.99. The van der Waals surface area contributed by atoms with Gasteiger partial charge in [0.05, 0.1) is 12.2 Å². The molecule has 0 radical (unpaired) electrons. The molecule has 2 aromatic rings. The van der Waals surface area contributed by atoms with Crippen LogP contribution in [0.3, 0.4) is 0 Å². The summed E-state index contributed by atoms with van der Waals surface area (Å²) in [7, 11) is 0. The molecule has 1 aliphatic heterocycles. The number of nitrogens with zero attached hydrogens (tertiary/aromatic N) is 1. The van der Waals surface area contributed by atoms with Crippen molar-refractivity contribution in [1.82, 2.24) is 0 Å². The van der Waals surface area contributed by atoms with E-state index in [4.69, 9.17) is 0 Å². The van der Waals surface area contributed by atoms with Gasteiger partial charge in [0.15, 0.2) is 5.78 Å². The number of carbonyl (C=O) groups is 2. The minimum Gasteiger partial charge on any atom is -0.307 e. The standard InChI is InChI=1S/C18H15F2NO2/c1-11-2-3-12(8-15(11)20)10-21-16-9-13(19)4-5-14(16)17(22)6-7-18(21)23/h2-5,8-9H,6-7,10H2,1H3. The highest BCUT2D eigenvalue weighted by Gasteiger charge is 2.27. The van der Waals surface area contributed by atoms with E-state index in [0.29, 0.717) is 16.7 Å². The lowest BCUT2D eigenvalue weighted by Crippen LogP contribution is -2.29. The first-order chi connectivity index (χ1) is 11.0. The highest BCUT2D eigenvalue weighted by Crippen LogP contribution is 2.29. The van der Waals surface area contributed by atoms with Crippen LogP contribution in [0, 0.1) is 18.6 Å². The molecule has 0 saturated heterocycles. The summed E-state index contributed by atoms with van der Waals surface area (Å²) < 4.78 is 27.3. The van der Waals surface area contributed by atoms with Crippen molar-refractivity contribution in [3.8, 4) is 0 Å². The van der Waals surface area contributed by atoms with Gasteiger partial charge in [-0.1, -0.05) is 12.1 Å². The molecule has 5 heteroatoms. The lowest BCUT2D eigenvalue weighted by atomic mass is 10.1. The number of ketones is 1. The maximum atomic E-state index is 13.7. The summed E-state index contributed by atoms with van der Waals surface area (Å²) in [6.45, 7) is 1.75. The number of anilines is 1. The SMILES string of the molecule is Cc1ccc(CN2C(=O)CCC(=O)c3ccc(F)cc32)cc1F. The largest absolute Gasteiger partial charge is 0.307 e. The zero-order valence-corrected chi connectivity index (χ0v) is 12.6. The number of benzene rings is 2. The summed E-state index contributed by atoms with van der Waals surface area (Å²) in [5.41, 5.74) is 1.67. The molecule has 1 heterocycles. The zero-order valence-electron chi connectivity index (χ0n) is 12.6. The number of Topliss-reactive ketones (excluding diaryl/α,β-unsaturated/α-hetero) is 1. The van der Waals surface area contributed by atoms with E-state index >= 15 is 0 Å². The molecule has 0 atom stereocenters. The molecule has 0 aromatic heterocycles. The molecule has 2 aromatic carbocycles. The fourth-order valence-corrected chi connectivity index (χ4v) is 2.68. The Morgan fingerprint density at radius 2 is 1.83 bits per heavy atom. The first kappa shape index (κ1) is 15.3. The number of hydrogen-bond acceptors (Lipinski definition) is 2. The Hall–Kier alpha value is -2.56. The van der Waals surface area contributed by atoms with Crippen molar-refractivity contribution in [2.24, 2.45) is 0 Å². The van der Waals surface area contributed by atoms with E-state index in [1.54, 1.807) is 19.1 Å². The van der Waals surface area contributed by atoms with E-state index in [1.165, 1.54) is 29.2 Å².